The van der Waals surface area contributed by atoms with E-state index in [4.69, 9.17) is 9.72 Å². The second-order valence-electron chi connectivity index (χ2n) is 9.36. The van der Waals surface area contributed by atoms with Crippen molar-refractivity contribution in [3.63, 3.8) is 0 Å². The second-order valence-corrected chi connectivity index (χ2v) is 9.36. The molecule has 1 aliphatic heterocycles. The highest BCUT2D eigenvalue weighted by Gasteiger charge is 2.19. The second kappa shape index (κ2) is 9.95. The van der Waals surface area contributed by atoms with Gasteiger partial charge in [0.05, 0.1) is 25.2 Å². The molecule has 10 heteroatoms. The summed E-state index contributed by atoms with van der Waals surface area (Å²) in [6.45, 7) is 4.56. The molecule has 0 spiro atoms. The zero-order valence-electron chi connectivity index (χ0n) is 21.3. The molecule has 1 fully saturated rings. The van der Waals surface area contributed by atoms with Gasteiger partial charge in [-0.1, -0.05) is 6.07 Å². The maximum absolute atomic E-state index is 9.68. The van der Waals surface area contributed by atoms with Crippen molar-refractivity contribution in [2.24, 2.45) is 7.05 Å². The lowest BCUT2D eigenvalue weighted by Gasteiger charge is -2.35. The molecular weight excluding hydrogens is 478 g/mol. The van der Waals surface area contributed by atoms with Crippen molar-refractivity contribution in [1.29, 1.82) is 5.26 Å². The van der Waals surface area contributed by atoms with E-state index < -0.39 is 0 Å². The van der Waals surface area contributed by atoms with E-state index in [9.17, 15) is 5.26 Å². The van der Waals surface area contributed by atoms with Crippen LogP contribution in [0.15, 0.2) is 67.4 Å². The minimum atomic E-state index is 0.486. The molecule has 5 aromatic heterocycles. The van der Waals surface area contributed by atoms with E-state index in [0.29, 0.717) is 17.2 Å². The maximum atomic E-state index is 9.68. The molecule has 6 heterocycles. The minimum absolute atomic E-state index is 0.486. The van der Waals surface area contributed by atoms with Crippen LogP contribution in [0.25, 0.3) is 28.0 Å². The van der Waals surface area contributed by atoms with Gasteiger partial charge in [0.2, 0.25) is 5.88 Å². The Hall–Kier alpha value is -4.75. The quantitative estimate of drug-likeness (QED) is 0.346. The molecule has 0 aliphatic carbocycles. The van der Waals surface area contributed by atoms with Crippen LogP contribution in [0.4, 0.5) is 5.82 Å². The van der Waals surface area contributed by atoms with E-state index in [-0.39, 0.29) is 0 Å². The first-order valence-electron chi connectivity index (χ1n) is 12.4. The number of fused-ring (bicyclic) bond motifs is 1. The standard InChI is InChI=1S/C28H27N9O/c1-34-19-23(16-33-34)22-11-25(37-24(13-29)17-31-27(37)12-22)21-4-5-26(30-15-21)36-9-7-35(8-10-36)18-20-3-6-28(38-2)32-14-20/h3-6,11-12,14-17,19H,7-10,18H2,1-2H3. The van der Waals surface area contributed by atoms with Gasteiger partial charge < -0.3 is 9.64 Å². The van der Waals surface area contributed by atoms with Gasteiger partial charge in [-0.25, -0.2) is 15.0 Å². The van der Waals surface area contributed by atoms with E-state index >= 15 is 0 Å². The summed E-state index contributed by atoms with van der Waals surface area (Å²) in [7, 11) is 3.52. The zero-order chi connectivity index (χ0) is 26.1. The lowest BCUT2D eigenvalue weighted by atomic mass is 10.1. The summed E-state index contributed by atoms with van der Waals surface area (Å²) in [4.78, 5) is 18.3. The van der Waals surface area contributed by atoms with Gasteiger partial charge in [0.1, 0.15) is 23.2 Å². The predicted molar refractivity (Wildman–Crippen MR) is 144 cm³/mol. The lowest BCUT2D eigenvalue weighted by Crippen LogP contribution is -2.46. The molecule has 10 nitrogen and oxygen atoms in total. The maximum Gasteiger partial charge on any atom is 0.212 e. The number of hydrogen-bond acceptors (Lipinski definition) is 8. The number of imidazole rings is 1. The van der Waals surface area contributed by atoms with E-state index in [1.165, 1.54) is 5.56 Å². The first-order valence-corrected chi connectivity index (χ1v) is 12.4. The molecule has 0 unspecified atom stereocenters. The van der Waals surface area contributed by atoms with Gasteiger partial charge in [-0.2, -0.15) is 10.4 Å². The van der Waals surface area contributed by atoms with E-state index in [2.05, 4.69) is 55.2 Å². The van der Waals surface area contributed by atoms with Gasteiger partial charge in [-0.05, 0) is 35.4 Å². The third-order valence-corrected chi connectivity index (χ3v) is 6.91. The summed E-state index contributed by atoms with van der Waals surface area (Å²) in [5.41, 5.74) is 6.15. The van der Waals surface area contributed by atoms with Crippen molar-refractivity contribution < 1.29 is 4.74 Å². The van der Waals surface area contributed by atoms with Crippen molar-refractivity contribution in [3.8, 4) is 34.3 Å². The van der Waals surface area contributed by atoms with Gasteiger partial charge in [0, 0.05) is 75.6 Å². The molecule has 1 saturated heterocycles. The third-order valence-electron chi connectivity index (χ3n) is 6.91. The molecule has 6 rings (SSSR count). The van der Waals surface area contributed by atoms with Crippen molar-refractivity contribution in [1.82, 2.24) is 34.0 Å². The van der Waals surface area contributed by atoms with Crippen LogP contribution in [0, 0.1) is 11.3 Å². The van der Waals surface area contributed by atoms with Crippen LogP contribution in [0.3, 0.4) is 0 Å². The molecule has 0 aromatic carbocycles. The Bertz CT molecular complexity index is 1610. The highest BCUT2D eigenvalue weighted by atomic mass is 16.5. The van der Waals surface area contributed by atoms with Crippen LogP contribution in [-0.2, 0) is 13.6 Å². The smallest absolute Gasteiger partial charge is 0.212 e. The Morgan fingerprint density at radius 2 is 1.76 bits per heavy atom. The number of pyridine rings is 3. The number of hydrogen-bond donors (Lipinski definition) is 0. The Morgan fingerprint density at radius 1 is 0.895 bits per heavy atom. The molecule has 0 radical (unpaired) electrons. The molecule has 5 aromatic rings. The normalized spacial score (nSPS) is 14.1. The largest absolute Gasteiger partial charge is 0.481 e. The lowest BCUT2D eigenvalue weighted by molar-refractivity contribution is 0.249. The highest BCUT2D eigenvalue weighted by Crippen LogP contribution is 2.30. The van der Waals surface area contributed by atoms with E-state index in [1.54, 1.807) is 18.0 Å². The van der Waals surface area contributed by atoms with Crippen LogP contribution in [0.1, 0.15) is 11.3 Å². The average molecular weight is 506 g/mol. The van der Waals surface area contributed by atoms with Gasteiger partial charge in [0.25, 0.3) is 0 Å². The van der Waals surface area contributed by atoms with Crippen molar-refractivity contribution in [3.05, 3.63) is 78.6 Å². The molecule has 1 aliphatic rings. The Kier molecular flexibility index (Phi) is 6.19. The number of aromatic nitrogens is 6. The molecule has 0 amide bonds. The van der Waals surface area contributed by atoms with Crippen molar-refractivity contribution in [2.45, 2.75) is 6.54 Å². The van der Waals surface area contributed by atoms with Gasteiger partial charge >= 0.3 is 0 Å². The highest BCUT2D eigenvalue weighted by molar-refractivity contribution is 5.75. The molecule has 0 N–H and O–H groups in total. The molecule has 38 heavy (non-hydrogen) atoms. The monoisotopic (exact) mass is 505 g/mol. The van der Waals surface area contributed by atoms with Crippen LogP contribution >= 0.6 is 0 Å². The summed E-state index contributed by atoms with van der Waals surface area (Å²) in [6.07, 6.45) is 9.17. The van der Waals surface area contributed by atoms with Gasteiger partial charge in [0.15, 0.2) is 0 Å². The summed E-state index contributed by atoms with van der Waals surface area (Å²) < 4.78 is 8.81. The van der Waals surface area contributed by atoms with Crippen molar-refractivity contribution >= 4 is 11.5 Å². The fourth-order valence-corrected chi connectivity index (χ4v) is 4.89. The predicted octanol–water partition coefficient (Wildman–Crippen LogP) is 3.39. The van der Waals surface area contributed by atoms with Crippen LogP contribution in [0.5, 0.6) is 5.88 Å². The fourth-order valence-electron chi connectivity index (χ4n) is 4.89. The number of rotatable bonds is 6. The average Bonchev–Trinajstić information content (AvgIpc) is 3.59. The number of piperazine rings is 1. The van der Waals surface area contributed by atoms with Gasteiger partial charge in [-0.3, -0.25) is 14.0 Å². The number of methoxy groups -OCH3 is 1. The Labute approximate surface area is 220 Å². The zero-order valence-corrected chi connectivity index (χ0v) is 21.3. The van der Waals surface area contributed by atoms with Crippen LogP contribution < -0.4 is 9.64 Å². The molecule has 0 bridgehead atoms. The fraction of sp³-hybridized carbons (Fsp3) is 0.250. The Morgan fingerprint density at radius 3 is 2.42 bits per heavy atom. The van der Waals surface area contributed by atoms with E-state index in [1.807, 2.05) is 48.4 Å². The summed E-state index contributed by atoms with van der Waals surface area (Å²) in [5, 5.41) is 14.0. The first-order chi connectivity index (χ1) is 18.6. The summed E-state index contributed by atoms with van der Waals surface area (Å²) in [5.74, 6) is 1.58. The van der Waals surface area contributed by atoms with E-state index in [0.717, 1.165) is 60.9 Å². The third kappa shape index (κ3) is 4.55. The molecule has 0 atom stereocenters. The SMILES string of the molecule is COc1ccc(CN2CCN(c3ccc(-c4cc(-c5cnn(C)c5)cc5ncc(C#N)n45)cn3)CC2)cn1. The Balaban J connectivity index is 1.21. The first kappa shape index (κ1) is 23.6. The van der Waals surface area contributed by atoms with Gasteiger partial charge in [-0.15, -0.1) is 0 Å². The number of ether oxygens (including phenoxy) is 1. The minimum Gasteiger partial charge on any atom is -0.481 e. The molecule has 190 valence electrons. The topological polar surface area (TPSA) is 100 Å². The molecule has 0 saturated carbocycles. The van der Waals surface area contributed by atoms with Crippen LogP contribution in [-0.4, -0.2) is 67.3 Å². The number of aryl methyl sites for hydroxylation is 1. The number of nitrogens with zero attached hydrogens (tertiary/aromatic N) is 9. The number of nitriles is 1. The molecular formula is C28H27N9O. The summed E-state index contributed by atoms with van der Waals surface area (Å²) >= 11 is 0. The van der Waals surface area contributed by atoms with Crippen molar-refractivity contribution in [2.75, 3.05) is 38.2 Å². The number of anilines is 1. The van der Waals surface area contributed by atoms with Crippen LogP contribution in [0.2, 0.25) is 0 Å². The summed E-state index contributed by atoms with van der Waals surface area (Å²) in [6, 6.07) is 14.4.